The number of hydroxylamine groups is 1. The number of amides is 7. The first kappa shape index (κ1) is 63.6. The van der Waals surface area contributed by atoms with Crippen LogP contribution in [0.15, 0.2) is 104 Å². The van der Waals surface area contributed by atoms with Gasteiger partial charge in [-0.05, 0) is 74.5 Å². The summed E-state index contributed by atoms with van der Waals surface area (Å²) in [4.78, 5) is 122. The molecule has 0 spiro atoms. The quantitative estimate of drug-likeness (QED) is 0.0201. The van der Waals surface area contributed by atoms with Gasteiger partial charge in [0.1, 0.15) is 36.9 Å². The van der Waals surface area contributed by atoms with Gasteiger partial charge >= 0.3 is 24.2 Å². The van der Waals surface area contributed by atoms with Gasteiger partial charge in [0, 0.05) is 49.7 Å². The minimum absolute atomic E-state index is 0.0293. The first-order valence-corrected chi connectivity index (χ1v) is 26.9. The van der Waals surface area contributed by atoms with Gasteiger partial charge in [-0.1, -0.05) is 139 Å². The van der Waals surface area contributed by atoms with Crippen molar-refractivity contribution in [2.75, 3.05) is 0 Å². The molecule has 7 atom stereocenters. The fraction of sp³-hybridized carbons (Fsp3) is 0.500. The molecule has 0 aliphatic carbocycles. The molecule has 0 saturated carbocycles. The molecule has 430 valence electrons. The average molecular weight is 1100 g/mol. The highest BCUT2D eigenvalue weighted by Crippen LogP contribution is 2.18. The van der Waals surface area contributed by atoms with Crippen molar-refractivity contribution >= 4 is 47.9 Å². The Hall–Kier alpha value is -7.97. The van der Waals surface area contributed by atoms with Gasteiger partial charge in [0.05, 0.1) is 12.4 Å². The van der Waals surface area contributed by atoms with Crippen LogP contribution in [0.2, 0.25) is 0 Å². The first-order chi connectivity index (χ1) is 37.6. The van der Waals surface area contributed by atoms with Crippen LogP contribution in [0.25, 0.3) is 0 Å². The third-order valence-electron chi connectivity index (χ3n) is 12.4. The Kier molecular flexibility index (Phi) is 26.3. The first-order valence-electron chi connectivity index (χ1n) is 26.9. The summed E-state index contributed by atoms with van der Waals surface area (Å²) in [6.45, 7) is 16.3. The molecule has 8 N–H and O–H groups in total. The molecule has 79 heavy (non-hydrogen) atoms. The number of carbonyl (C=O) groups excluding carboxylic acids is 8. The maximum absolute atomic E-state index is 14.8. The molecule has 0 radical (unpaired) electrons. The third-order valence-corrected chi connectivity index (χ3v) is 12.4. The van der Waals surface area contributed by atoms with E-state index in [9.17, 15) is 38.4 Å². The van der Waals surface area contributed by atoms with Gasteiger partial charge in [0.25, 0.3) is 0 Å². The van der Waals surface area contributed by atoms with E-state index in [-0.39, 0.29) is 57.2 Å². The molecular formula is C58H81N9O12. The smallest absolute Gasteiger partial charge is 0.441 e. The predicted molar refractivity (Wildman–Crippen MR) is 295 cm³/mol. The van der Waals surface area contributed by atoms with E-state index in [1.165, 1.54) is 12.5 Å². The van der Waals surface area contributed by atoms with Gasteiger partial charge in [-0.25, -0.2) is 24.2 Å². The summed E-state index contributed by atoms with van der Waals surface area (Å²) in [7, 11) is 0. The summed E-state index contributed by atoms with van der Waals surface area (Å²) < 4.78 is 16.2. The molecule has 21 heteroatoms. The molecule has 4 aromatic rings. The van der Waals surface area contributed by atoms with E-state index < -0.39 is 102 Å². The molecule has 0 aliphatic rings. The summed E-state index contributed by atoms with van der Waals surface area (Å²) >= 11 is 0. The lowest BCUT2D eigenvalue weighted by Gasteiger charge is -2.32. The van der Waals surface area contributed by atoms with Gasteiger partial charge in [-0.2, -0.15) is 0 Å². The van der Waals surface area contributed by atoms with Crippen LogP contribution in [0, 0.1) is 17.8 Å². The third kappa shape index (κ3) is 24.9. The molecule has 0 unspecified atom stereocenters. The zero-order valence-corrected chi connectivity index (χ0v) is 46.9. The van der Waals surface area contributed by atoms with E-state index in [1.807, 2.05) is 65.2 Å². The van der Waals surface area contributed by atoms with Crippen LogP contribution in [-0.2, 0) is 69.1 Å². The molecule has 7 amide bonds. The van der Waals surface area contributed by atoms with Gasteiger partial charge in [-0.15, -0.1) is 5.48 Å². The maximum Gasteiger partial charge on any atom is 0.441 e. The number of nitrogens with zero attached hydrogens (tertiary/aromatic N) is 1. The van der Waals surface area contributed by atoms with Crippen molar-refractivity contribution < 1.29 is 57.4 Å². The number of aromatic nitrogens is 2. The largest absolute Gasteiger partial charge is 0.445 e. The van der Waals surface area contributed by atoms with E-state index >= 15 is 0 Å². The maximum atomic E-state index is 14.8. The van der Waals surface area contributed by atoms with Crippen LogP contribution in [-0.4, -0.2) is 99.7 Å². The summed E-state index contributed by atoms with van der Waals surface area (Å²) in [5.41, 5.74) is 3.80. The molecule has 1 aromatic heterocycles. The topological polar surface area (TPSA) is 286 Å². The van der Waals surface area contributed by atoms with E-state index in [2.05, 4.69) is 41.9 Å². The van der Waals surface area contributed by atoms with E-state index in [0.29, 0.717) is 24.1 Å². The molecule has 21 nitrogen and oxygen atoms in total. The van der Waals surface area contributed by atoms with Crippen molar-refractivity contribution in [3.63, 3.8) is 0 Å². The minimum Gasteiger partial charge on any atom is -0.445 e. The second-order valence-corrected chi connectivity index (χ2v) is 21.4. The van der Waals surface area contributed by atoms with Crippen LogP contribution < -0.4 is 37.4 Å². The number of imidazole rings is 1. The van der Waals surface area contributed by atoms with Crippen LogP contribution in [0.1, 0.15) is 123 Å². The Morgan fingerprint density at radius 2 is 1.15 bits per heavy atom. The van der Waals surface area contributed by atoms with Gasteiger partial charge < -0.3 is 55.9 Å². The number of nitrogens with one attached hydrogen (secondary N) is 8. The fourth-order valence-electron chi connectivity index (χ4n) is 8.37. The molecule has 3 aromatic carbocycles. The van der Waals surface area contributed by atoms with Gasteiger partial charge in [0.2, 0.25) is 23.6 Å². The average Bonchev–Trinajstić information content (AvgIpc) is 3.92. The number of benzene rings is 3. The van der Waals surface area contributed by atoms with Crippen molar-refractivity contribution in [3.05, 3.63) is 126 Å². The highest BCUT2D eigenvalue weighted by atomic mass is 16.7. The van der Waals surface area contributed by atoms with E-state index in [1.54, 1.807) is 93.6 Å². The lowest BCUT2D eigenvalue weighted by atomic mass is 9.93. The second-order valence-electron chi connectivity index (χ2n) is 21.4. The van der Waals surface area contributed by atoms with Crippen molar-refractivity contribution in [3.8, 4) is 0 Å². The monoisotopic (exact) mass is 1100 g/mol. The van der Waals surface area contributed by atoms with E-state index in [0.717, 1.165) is 11.1 Å². The lowest BCUT2D eigenvalue weighted by molar-refractivity contribution is -0.150. The van der Waals surface area contributed by atoms with Crippen LogP contribution in [0.5, 0.6) is 0 Å². The number of aromatic amines is 1. The molecule has 0 saturated heterocycles. The van der Waals surface area contributed by atoms with Crippen LogP contribution in [0.3, 0.4) is 0 Å². The number of hydrogen-bond donors (Lipinski definition) is 8. The fourth-order valence-corrected chi connectivity index (χ4v) is 8.37. The van der Waals surface area contributed by atoms with Crippen LogP contribution >= 0.6 is 0 Å². The van der Waals surface area contributed by atoms with Crippen molar-refractivity contribution in [2.24, 2.45) is 17.8 Å². The zero-order chi connectivity index (χ0) is 57.9. The number of alkyl carbamates (subject to hydrolysis) is 2. The number of H-pyrrole nitrogens is 1. The SMILES string of the molecule is CC[C@H](C)[C@H](NC(=O)C[C@H](NC(=O)OCc1ccccc1)[C@H](CC(C)C)NC(=O)[C@H](Cc1cnc[nH]1)NC(=O)[C@H](Cc1ccccc1)NC(=O)OC(C)(C)C)C(=O)N[C@@H](CCC(=O)ONC(=O)OCc1ccccc1)CC(C)C. The number of carbonyl (C=O) groups is 8. The Bertz CT molecular complexity index is 2530. The summed E-state index contributed by atoms with van der Waals surface area (Å²) in [5.74, 6) is -3.69. The zero-order valence-electron chi connectivity index (χ0n) is 46.9. The molecule has 0 bridgehead atoms. The molecular weight excluding hydrogens is 1010 g/mol. The Morgan fingerprint density at radius 1 is 0.595 bits per heavy atom. The van der Waals surface area contributed by atoms with Gasteiger partial charge in [-0.3, -0.25) is 19.2 Å². The van der Waals surface area contributed by atoms with Crippen molar-refractivity contribution in [1.29, 1.82) is 0 Å². The summed E-state index contributed by atoms with van der Waals surface area (Å²) in [6.07, 6.45) is 0.973. The van der Waals surface area contributed by atoms with E-state index in [4.69, 9.17) is 19.0 Å². The normalized spacial score (nSPS) is 13.9. The van der Waals surface area contributed by atoms with Crippen molar-refractivity contribution in [1.82, 2.24) is 47.3 Å². The summed E-state index contributed by atoms with van der Waals surface area (Å²) in [5, 5.41) is 17.2. The summed E-state index contributed by atoms with van der Waals surface area (Å²) in [6, 6.07) is 20.8. The molecule has 1 heterocycles. The molecule has 0 aliphatic heterocycles. The van der Waals surface area contributed by atoms with Crippen LogP contribution in [0.4, 0.5) is 14.4 Å². The highest BCUT2D eigenvalue weighted by molar-refractivity contribution is 5.92. The number of hydrogen-bond acceptors (Lipinski definition) is 13. The Labute approximate surface area is 463 Å². The number of ether oxygens (including phenoxy) is 3. The minimum atomic E-state index is -1.28. The Balaban J connectivity index is 1.56. The lowest BCUT2D eigenvalue weighted by Crippen LogP contribution is -2.60. The number of rotatable bonds is 29. The highest BCUT2D eigenvalue weighted by Gasteiger charge is 2.35. The second kappa shape index (κ2) is 32.7. The standard InChI is InChI=1S/C58H81N9O12/c1-10-39(6)51(54(72)61-43(28-37(2)3)26-27-50(69)79-67-57(75)77-35-42-24-18-13-19-25-42)66-49(68)32-46(64-55(73)76-34-41-22-16-12-17-23-41)45(29-38(4)5)62-53(71)48(31-44-33-59-36-60-44)63-52(70)47(30-40-20-14-11-15-21-40)65-56(74)78-58(7,8)9/h11-25,33,36-39,43,45-48,51H,10,26-32,34-35H2,1-9H3,(H,59,60)(H,61,72)(H,62,71)(H,63,70)(H,64,73)(H,65,74)(H,66,68)(H,67,75)/t39-,43-,45-,46-,47-,48-,51-/m0/s1. The predicted octanol–water partition coefficient (Wildman–Crippen LogP) is 7.02. The molecule has 0 fully saturated rings. The van der Waals surface area contributed by atoms with Gasteiger partial charge in [0.15, 0.2) is 0 Å². The van der Waals surface area contributed by atoms with Crippen molar-refractivity contribution in [2.45, 2.75) is 169 Å². The molecule has 4 rings (SSSR count). The Morgan fingerprint density at radius 3 is 1.70 bits per heavy atom.